The standard InChI is InChI=1S/C13H11NO/c1-2-6-13-12(5-1)10(9-14-13)8-11-4-3-7-15-11/h1-7,9,14H,8H2. The van der Waals surface area contributed by atoms with E-state index in [1.807, 2.05) is 24.4 Å². The van der Waals surface area contributed by atoms with Gasteiger partial charge in [0.05, 0.1) is 6.26 Å². The maximum atomic E-state index is 5.34. The second kappa shape index (κ2) is 3.31. The largest absolute Gasteiger partial charge is 0.469 e. The second-order valence-electron chi connectivity index (χ2n) is 3.62. The molecule has 0 amide bonds. The molecule has 0 saturated heterocycles. The summed E-state index contributed by atoms with van der Waals surface area (Å²) in [6.07, 6.45) is 4.61. The van der Waals surface area contributed by atoms with Gasteiger partial charge in [-0.05, 0) is 23.8 Å². The van der Waals surface area contributed by atoms with Crippen LogP contribution in [-0.2, 0) is 6.42 Å². The molecular formula is C13H11NO. The molecule has 2 heteroatoms. The molecule has 1 aromatic carbocycles. The quantitative estimate of drug-likeness (QED) is 0.670. The molecule has 0 bridgehead atoms. The van der Waals surface area contributed by atoms with Gasteiger partial charge in [0.1, 0.15) is 5.76 Å². The molecule has 0 radical (unpaired) electrons. The van der Waals surface area contributed by atoms with Crippen molar-refractivity contribution in [3.8, 4) is 0 Å². The first-order chi connectivity index (χ1) is 7.43. The lowest BCUT2D eigenvalue weighted by Gasteiger charge is -1.95. The first-order valence-electron chi connectivity index (χ1n) is 5.01. The lowest BCUT2D eigenvalue weighted by atomic mass is 10.1. The monoisotopic (exact) mass is 197 g/mol. The first kappa shape index (κ1) is 8.36. The van der Waals surface area contributed by atoms with Gasteiger partial charge in [-0.25, -0.2) is 0 Å². The summed E-state index contributed by atoms with van der Waals surface area (Å²) in [6, 6.07) is 12.2. The Hall–Kier alpha value is -1.96. The highest BCUT2D eigenvalue weighted by Crippen LogP contribution is 2.20. The highest BCUT2D eigenvalue weighted by Gasteiger charge is 2.04. The highest BCUT2D eigenvalue weighted by molar-refractivity contribution is 5.83. The van der Waals surface area contributed by atoms with Crippen LogP contribution in [0.2, 0.25) is 0 Å². The van der Waals surface area contributed by atoms with Crippen LogP contribution in [0.15, 0.2) is 53.3 Å². The van der Waals surface area contributed by atoms with Gasteiger partial charge in [0.2, 0.25) is 0 Å². The number of benzene rings is 1. The van der Waals surface area contributed by atoms with Crippen molar-refractivity contribution in [2.45, 2.75) is 6.42 Å². The molecule has 3 rings (SSSR count). The third-order valence-corrected chi connectivity index (χ3v) is 2.62. The van der Waals surface area contributed by atoms with E-state index in [9.17, 15) is 0 Å². The van der Waals surface area contributed by atoms with Crippen LogP contribution in [0.3, 0.4) is 0 Å². The van der Waals surface area contributed by atoms with Gasteiger partial charge in [0, 0.05) is 23.5 Å². The number of aromatic amines is 1. The zero-order valence-corrected chi connectivity index (χ0v) is 8.23. The molecule has 0 aliphatic carbocycles. The van der Waals surface area contributed by atoms with Crippen molar-refractivity contribution in [1.82, 2.24) is 4.98 Å². The molecule has 0 aliphatic heterocycles. The molecule has 0 unspecified atom stereocenters. The number of furan rings is 1. The lowest BCUT2D eigenvalue weighted by Crippen LogP contribution is -1.82. The number of fused-ring (bicyclic) bond motifs is 1. The van der Waals surface area contributed by atoms with Crippen molar-refractivity contribution in [3.05, 3.63) is 60.2 Å². The van der Waals surface area contributed by atoms with Gasteiger partial charge in [-0.3, -0.25) is 0 Å². The Kier molecular flexibility index (Phi) is 1.85. The van der Waals surface area contributed by atoms with E-state index in [1.165, 1.54) is 16.5 Å². The topological polar surface area (TPSA) is 28.9 Å². The van der Waals surface area contributed by atoms with Crippen LogP contribution in [0, 0.1) is 0 Å². The van der Waals surface area contributed by atoms with E-state index in [0.29, 0.717) is 0 Å². The van der Waals surface area contributed by atoms with Crippen molar-refractivity contribution in [1.29, 1.82) is 0 Å². The van der Waals surface area contributed by atoms with E-state index in [-0.39, 0.29) is 0 Å². The summed E-state index contributed by atoms with van der Waals surface area (Å²) in [5.41, 5.74) is 2.46. The van der Waals surface area contributed by atoms with Gasteiger partial charge in [-0.2, -0.15) is 0 Å². The van der Waals surface area contributed by atoms with Crippen LogP contribution in [0.4, 0.5) is 0 Å². The predicted octanol–water partition coefficient (Wildman–Crippen LogP) is 3.35. The molecule has 74 valence electrons. The summed E-state index contributed by atoms with van der Waals surface area (Å²) in [5, 5.41) is 1.27. The Morgan fingerprint density at radius 1 is 1.07 bits per heavy atom. The molecule has 1 N–H and O–H groups in total. The number of nitrogens with one attached hydrogen (secondary N) is 1. The minimum Gasteiger partial charge on any atom is -0.469 e. The van der Waals surface area contributed by atoms with Gasteiger partial charge >= 0.3 is 0 Å². The van der Waals surface area contributed by atoms with E-state index in [4.69, 9.17) is 4.42 Å². The van der Waals surface area contributed by atoms with Crippen molar-refractivity contribution >= 4 is 10.9 Å². The maximum absolute atomic E-state index is 5.34. The normalized spacial score (nSPS) is 10.9. The fourth-order valence-corrected chi connectivity index (χ4v) is 1.88. The van der Waals surface area contributed by atoms with Crippen LogP contribution < -0.4 is 0 Å². The number of para-hydroxylation sites is 1. The molecule has 2 aromatic heterocycles. The minimum absolute atomic E-state index is 0.844. The number of aromatic nitrogens is 1. The first-order valence-corrected chi connectivity index (χ1v) is 5.01. The summed E-state index contributed by atoms with van der Waals surface area (Å²) in [5.74, 6) is 1.000. The van der Waals surface area contributed by atoms with Gasteiger partial charge in [0.15, 0.2) is 0 Å². The van der Waals surface area contributed by atoms with Crippen molar-refractivity contribution < 1.29 is 4.42 Å². The van der Waals surface area contributed by atoms with Crippen LogP contribution in [0.25, 0.3) is 10.9 Å². The Bertz CT molecular complexity index is 563. The van der Waals surface area contributed by atoms with Crippen molar-refractivity contribution in [2.24, 2.45) is 0 Å². The van der Waals surface area contributed by atoms with Gasteiger partial charge in [0.25, 0.3) is 0 Å². The number of rotatable bonds is 2. The van der Waals surface area contributed by atoms with Crippen LogP contribution >= 0.6 is 0 Å². The van der Waals surface area contributed by atoms with Gasteiger partial charge in [-0.1, -0.05) is 18.2 Å². The van der Waals surface area contributed by atoms with E-state index >= 15 is 0 Å². The predicted molar refractivity (Wildman–Crippen MR) is 59.8 cm³/mol. The summed E-state index contributed by atoms with van der Waals surface area (Å²) >= 11 is 0. The van der Waals surface area contributed by atoms with Crippen molar-refractivity contribution in [2.75, 3.05) is 0 Å². The Morgan fingerprint density at radius 3 is 2.87 bits per heavy atom. The molecule has 0 aliphatic rings. The Morgan fingerprint density at radius 2 is 2.00 bits per heavy atom. The van der Waals surface area contributed by atoms with E-state index in [1.54, 1.807) is 6.26 Å². The van der Waals surface area contributed by atoms with Gasteiger partial charge < -0.3 is 9.40 Å². The summed E-state index contributed by atoms with van der Waals surface area (Å²) < 4.78 is 5.34. The van der Waals surface area contributed by atoms with Crippen LogP contribution in [0.5, 0.6) is 0 Å². The average molecular weight is 197 g/mol. The third kappa shape index (κ3) is 1.44. The molecule has 3 aromatic rings. The van der Waals surface area contributed by atoms with Crippen LogP contribution in [-0.4, -0.2) is 4.98 Å². The fraction of sp³-hybridized carbons (Fsp3) is 0.0769. The molecule has 2 nitrogen and oxygen atoms in total. The smallest absolute Gasteiger partial charge is 0.108 e. The Labute approximate surface area is 87.5 Å². The summed E-state index contributed by atoms with van der Waals surface area (Å²) in [6.45, 7) is 0. The zero-order valence-electron chi connectivity index (χ0n) is 8.23. The lowest BCUT2D eigenvalue weighted by molar-refractivity contribution is 0.521. The second-order valence-corrected chi connectivity index (χ2v) is 3.62. The number of H-pyrrole nitrogens is 1. The Balaban J connectivity index is 2.05. The fourth-order valence-electron chi connectivity index (χ4n) is 1.88. The van der Waals surface area contributed by atoms with E-state index in [0.717, 1.165) is 12.2 Å². The summed E-state index contributed by atoms with van der Waals surface area (Å²) in [7, 11) is 0. The molecule has 0 spiro atoms. The highest BCUT2D eigenvalue weighted by atomic mass is 16.3. The minimum atomic E-state index is 0.844. The van der Waals surface area contributed by atoms with E-state index in [2.05, 4.69) is 23.2 Å². The van der Waals surface area contributed by atoms with Crippen molar-refractivity contribution in [3.63, 3.8) is 0 Å². The van der Waals surface area contributed by atoms with E-state index < -0.39 is 0 Å². The average Bonchev–Trinajstić information content (AvgIpc) is 2.89. The SMILES string of the molecule is c1coc(Cc2c[nH]c3ccccc23)c1. The molecular weight excluding hydrogens is 186 g/mol. The molecule has 0 fully saturated rings. The molecule has 15 heavy (non-hydrogen) atoms. The maximum Gasteiger partial charge on any atom is 0.108 e. The van der Waals surface area contributed by atoms with Gasteiger partial charge in [-0.15, -0.1) is 0 Å². The third-order valence-electron chi connectivity index (χ3n) is 2.62. The molecule has 2 heterocycles. The number of hydrogen-bond donors (Lipinski definition) is 1. The number of hydrogen-bond acceptors (Lipinski definition) is 1. The zero-order chi connectivity index (χ0) is 10.1. The molecule has 0 saturated carbocycles. The summed E-state index contributed by atoms with van der Waals surface area (Å²) in [4.78, 5) is 3.26. The molecule has 0 atom stereocenters. The van der Waals surface area contributed by atoms with Crippen LogP contribution in [0.1, 0.15) is 11.3 Å².